The highest BCUT2D eigenvalue weighted by atomic mass is 19.4. The minimum Gasteiger partial charge on any atom is -0.326 e. The van der Waals surface area contributed by atoms with Crippen molar-refractivity contribution in [3.8, 4) is 0 Å². The number of nitrogens with one attached hydrogen (secondary N) is 3. The second-order valence-electron chi connectivity index (χ2n) is 8.21. The fourth-order valence-corrected chi connectivity index (χ4v) is 3.46. The third kappa shape index (κ3) is 7.36. The summed E-state index contributed by atoms with van der Waals surface area (Å²) in [6.45, 7) is 0.628. The zero-order valence-electron chi connectivity index (χ0n) is 19.8. The molecule has 0 aliphatic rings. The smallest absolute Gasteiger partial charge is 0.326 e. The van der Waals surface area contributed by atoms with Crippen LogP contribution in [-0.4, -0.2) is 22.2 Å². The third-order valence-electron chi connectivity index (χ3n) is 5.22. The van der Waals surface area contributed by atoms with Crippen LogP contribution in [0.15, 0.2) is 77.6 Å². The standard InChI is InChI=1S/C25H22F3N7O3/c26-25(27,28)18-10-20(31-22(36)9-16-4-6-17(13-29)7-5-16)12-21(11-18)32-24(37)33-23-15-35(34-38-23)14-19-3-1-2-8-30-19/h1-8,10-12,15H,9,13-14,29H2,(H2-,31,32,33,34,36,37)/p+1. The largest absolute Gasteiger partial charge is 0.416 e. The van der Waals surface area contributed by atoms with Crippen LogP contribution in [0, 0.1) is 0 Å². The van der Waals surface area contributed by atoms with Crippen LogP contribution in [-0.2, 0) is 30.5 Å². The monoisotopic (exact) mass is 526 g/mol. The predicted octanol–water partition coefficient (Wildman–Crippen LogP) is 3.71. The Labute approximate surface area is 214 Å². The number of aromatic nitrogens is 3. The van der Waals surface area contributed by atoms with Crippen molar-refractivity contribution in [2.24, 2.45) is 5.73 Å². The quantitative estimate of drug-likeness (QED) is 0.258. The van der Waals surface area contributed by atoms with Gasteiger partial charge in [-0.15, -0.1) is 0 Å². The molecular weight excluding hydrogens is 503 g/mol. The van der Waals surface area contributed by atoms with Gasteiger partial charge in [-0.3, -0.25) is 19.6 Å². The van der Waals surface area contributed by atoms with E-state index in [-0.39, 0.29) is 30.2 Å². The molecule has 38 heavy (non-hydrogen) atoms. The second-order valence-corrected chi connectivity index (χ2v) is 8.21. The number of hydrogen-bond acceptors (Lipinski definition) is 6. The van der Waals surface area contributed by atoms with Gasteiger partial charge < -0.3 is 16.4 Å². The molecule has 0 fully saturated rings. The van der Waals surface area contributed by atoms with Crippen molar-refractivity contribution in [2.45, 2.75) is 25.7 Å². The van der Waals surface area contributed by atoms with E-state index >= 15 is 0 Å². The lowest BCUT2D eigenvalue weighted by Gasteiger charge is -2.14. The predicted molar refractivity (Wildman–Crippen MR) is 131 cm³/mol. The van der Waals surface area contributed by atoms with Gasteiger partial charge >= 0.3 is 18.1 Å². The number of nitrogens with zero attached hydrogens (tertiary/aromatic N) is 3. The summed E-state index contributed by atoms with van der Waals surface area (Å²) in [6, 6.07) is 14.2. The first-order valence-electron chi connectivity index (χ1n) is 11.3. The molecule has 0 aliphatic heterocycles. The lowest BCUT2D eigenvalue weighted by Crippen LogP contribution is -2.35. The first-order chi connectivity index (χ1) is 18.2. The average Bonchev–Trinajstić information content (AvgIpc) is 3.30. The van der Waals surface area contributed by atoms with E-state index in [4.69, 9.17) is 10.3 Å². The van der Waals surface area contributed by atoms with Gasteiger partial charge in [-0.05, 0) is 46.1 Å². The number of alkyl halides is 3. The highest BCUT2D eigenvalue weighted by molar-refractivity contribution is 6.00. The van der Waals surface area contributed by atoms with E-state index < -0.39 is 23.7 Å². The van der Waals surface area contributed by atoms with Crippen LogP contribution in [0.25, 0.3) is 0 Å². The molecule has 3 amide bonds. The van der Waals surface area contributed by atoms with E-state index in [1.165, 1.54) is 16.9 Å². The summed E-state index contributed by atoms with van der Waals surface area (Å²) in [7, 11) is 0. The molecule has 0 radical (unpaired) electrons. The van der Waals surface area contributed by atoms with E-state index in [2.05, 4.69) is 26.2 Å². The molecule has 2 aromatic heterocycles. The Kier molecular flexibility index (Phi) is 7.97. The fourth-order valence-electron chi connectivity index (χ4n) is 3.46. The zero-order chi connectivity index (χ0) is 27.1. The number of rotatable bonds is 8. The molecule has 10 nitrogen and oxygen atoms in total. The lowest BCUT2D eigenvalue weighted by atomic mass is 10.1. The maximum absolute atomic E-state index is 13.5. The highest BCUT2D eigenvalue weighted by Gasteiger charge is 2.31. The molecule has 4 rings (SSSR count). The Morgan fingerprint density at radius 2 is 1.66 bits per heavy atom. The van der Waals surface area contributed by atoms with Gasteiger partial charge in [-0.25, -0.2) is 4.79 Å². The number of carbonyl (C=O) groups is 2. The van der Waals surface area contributed by atoms with Gasteiger partial charge in [0.2, 0.25) is 17.7 Å². The number of hydrogen-bond donors (Lipinski definition) is 4. The molecule has 5 N–H and O–H groups in total. The molecule has 196 valence electrons. The van der Waals surface area contributed by atoms with Crippen LogP contribution in [0.2, 0.25) is 0 Å². The van der Waals surface area contributed by atoms with Crippen molar-refractivity contribution < 1.29 is 32.0 Å². The third-order valence-corrected chi connectivity index (χ3v) is 5.22. The number of carbonyl (C=O) groups excluding carboxylic acids is 2. The van der Waals surface area contributed by atoms with Crippen molar-refractivity contribution >= 4 is 29.2 Å². The first kappa shape index (κ1) is 26.3. The van der Waals surface area contributed by atoms with Crippen molar-refractivity contribution in [1.82, 2.24) is 10.3 Å². The highest BCUT2D eigenvalue weighted by Crippen LogP contribution is 2.33. The molecule has 4 aromatic rings. The topological polar surface area (TPSA) is 139 Å². The number of amides is 3. The first-order valence-corrected chi connectivity index (χ1v) is 11.3. The molecule has 0 saturated heterocycles. The van der Waals surface area contributed by atoms with Gasteiger partial charge in [-0.2, -0.15) is 13.2 Å². The molecule has 0 bridgehead atoms. The number of benzene rings is 2. The minimum atomic E-state index is -4.71. The maximum Gasteiger partial charge on any atom is 0.416 e. The van der Waals surface area contributed by atoms with Crippen LogP contribution in [0.5, 0.6) is 0 Å². The summed E-state index contributed by atoms with van der Waals surface area (Å²) < 4.78 is 46.9. The van der Waals surface area contributed by atoms with Crippen LogP contribution in [0.1, 0.15) is 22.4 Å². The SMILES string of the molecule is NCc1ccc(CC(=O)Nc2cc(NC(=O)Nc3c[n+](Cc4ccccn4)no3)cc(C(F)(F)F)c2)cc1. The Morgan fingerprint density at radius 3 is 2.32 bits per heavy atom. The zero-order valence-corrected chi connectivity index (χ0v) is 19.8. The van der Waals surface area contributed by atoms with Crippen LogP contribution < -0.4 is 26.4 Å². The molecule has 0 unspecified atom stereocenters. The van der Waals surface area contributed by atoms with Gasteiger partial charge in [0.15, 0.2) is 0 Å². The Bertz CT molecular complexity index is 1410. The summed E-state index contributed by atoms with van der Waals surface area (Å²) in [5.74, 6) is -0.570. The number of halogens is 3. The number of nitrogens with two attached hydrogens (primary N) is 1. The molecule has 0 saturated carbocycles. The van der Waals surface area contributed by atoms with Crippen LogP contribution in [0.3, 0.4) is 0 Å². The summed E-state index contributed by atoms with van der Waals surface area (Å²) in [5.41, 5.74) is 6.43. The van der Waals surface area contributed by atoms with Crippen molar-refractivity contribution in [1.29, 1.82) is 0 Å². The summed E-state index contributed by atoms with van der Waals surface area (Å²) in [6.07, 6.45) is -1.76. The van der Waals surface area contributed by atoms with Crippen molar-refractivity contribution in [3.05, 3.63) is 95.4 Å². The molecule has 13 heteroatoms. The van der Waals surface area contributed by atoms with E-state index in [0.29, 0.717) is 17.8 Å². The number of urea groups is 1. The molecule has 0 atom stereocenters. The Morgan fingerprint density at radius 1 is 0.947 bits per heavy atom. The van der Waals surface area contributed by atoms with Gasteiger partial charge in [0.05, 0.1) is 12.0 Å². The number of anilines is 3. The molecule has 2 aromatic carbocycles. The second kappa shape index (κ2) is 11.5. The summed E-state index contributed by atoms with van der Waals surface area (Å²) in [4.78, 5) is 29.0. The normalized spacial score (nSPS) is 11.2. The van der Waals surface area contributed by atoms with E-state index in [1.807, 2.05) is 0 Å². The van der Waals surface area contributed by atoms with E-state index in [0.717, 1.165) is 17.7 Å². The fraction of sp³-hybridized carbons (Fsp3) is 0.160. The van der Waals surface area contributed by atoms with Gasteiger partial charge in [0.25, 0.3) is 6.20 Å². The van der Waals surface area contributed by atoms with E-state index in [1.54, 1.807) is 48.7 Å². The minimum absolute atomic E-state index is 0.0420. The number of pyridine rings is 1. The Balaban J connectivity index is 1.42. The maximum atomic E-state index is 13.5. The molecule has 0 spiro atoms. The van der Waals surface area contributed by atoms with Crippen molar-refractivity contribution in [2.75, 3.05) is 16.0 Å². The van der Waals surface area contributed by atoms with Gasteiger partial charge in [0, 0.05) is 24.1 Å². The molecule has 2 heterocycles. The van der Waals surface area contributed by atoms with E-state index in [9.17, 15) is 22.8 Å². The average molecular weight is 526 g/mol. The summed E-state index contributed by atoms with van der Waals surface area (Å²) >= 11 is 0. The van der Waals surface area contributed by atoms with Crippen LogP contribution in [0.4, 0.5) is 35.2 Å². The lowest BCUT2D eigenvalue weighted by molar-refractivity contribution is -0.755. The van der Waals surface area contributed by atoms with Crippen LogP contribution >= 0.6 is 0 Å². The molecule has 0 aliphatic carbocycles. The summed E-state index contributed by atoms with van der Waals surface area (Å²) in [5, 5.41) is 10.9. The van der Waals surface area contributed by atoms with Gasteiger partial charge in [0.1, 0.15) is 5.69 Å². The molecular formula is C25H23F3N7O3+. The van der Waals surface area contributed by atoms with Crippen molar-refractivity contribution in [3.63, 3.8) is 0 Å². The van der Waals surface area contributed by atoms with Gasteiger partial charge in [-0.1, -0.05) is 30.3 Å². The Hall–Kier alpha value is -4.78.